The minimum Gasteiger partial charge on any atom is -0.480 e. The number of fused-ring (bicyclic) bond motifs is 1. The van der Waals surface area contributed by atoms with Crippen LogP contribution in [0.1, 0.15) is 19.0 Å². The maximum Gasteiger partial charge on any atom is 0.323 e. The lowest BCUT2D eigenvalue weighted by Gasteiger charge is -2.19. The highest BCUT2D eigenvalue weighted by Gasteiger charge is 2.19. The molecule has 2 rings (SSSR count). The van der Waals surface area contributed by atoms with Crippen molar-refractivity contribution in [3.05, 3.63) is 30.0 Å². The molecule has 0 aliphatic heterocycles. The van der Waals surface area contributed by atoms with Crippen molar-refractivity contribution < 1.29 is 14.7 Å². The quantitative estimate of drug-likeness (QED) is 0.873. The van der Waals surface area contributed by atoms with Crippen LogP contribution in [0.2, 0.25) is 0 Å². The number of para-hydroxylation sites is 1. The second-order valence-electron chi connectivity index (χ2n) is 4.97. The van der Waals surface area contributed by atoms with Crippen LogP contribution in [0.25, 0.3) is 10.9 Å². The first-order valence-electron chi connectivity index (χ1n) is 6.93. The molecule has 1 heterocycles. The Morgan fingerprint density at radius 3 is 2.71 bits per heavy atom. The van der Waals surface area contributed by atoms with Crippen LogP contribution in [-0.2, 0) is 23.1 Å². The van der Waals surface area contributed by atoms with Crippen LogP contribution in [0, 0.1) is 0 Å². The molecule has 21 heavy (non-hydrogen) atoms. The van der Waals surface area contributed by atoms with E-state index in [4.69, 9.17) is 5.11 Å². The van der Waals surface area contributed by atoms with Crippen molar-refractivity contribution in [1.82, 2.24) is 14.7 Å². The number of aliphatic carboxylic acids is 1. The summed E-state index contributed by atoms with van der Waals surface area (Å²) in [7, 11) is 1.83. The van der Waals surface area contributed by atoms with Crippen LogP contribution in [0.15, 0.2) is 24.3 Å². The van der Waals surface area contributed by atoms with Gasteiger partial charge in [-0.2, -0.15) is 5.10 Å². The number of benzene rings is 1. The molecule has 0 saturated heterocycles. The van der Waals surface area contributed by atoms with Gasteiger partial charge < -0.3 is 10.0 Å². The lowest BCUT2D eigenvalue weighted by atomic mass is 10.1. The highest BCUT2D eigenvalue weighted by molar-refractivity contribution is 5.88. The van der Waals surface area contributed by atoms with Gasteiger partial charge in [-0.3, -0.25) is 14.3 Å². The third-order valence-electron chi connectivity index (χ3n) is 3.33. The van der Waals surface area contributed by atoms with E-state index in [1.165, 1.54) is 4.90 Å². The van der Waals surface area contributed by atoms with Gasteiger partial charge in [-0.15, -0.1) is 0 Å². The summed E-state index contributed by atoms with van der Waals surface area (Å²) in [6.45, 7) is 2.09. The molecule has 6 nitrogen and oxygen atoms in total. The Morgan fingerprint density at radius 2 is 2.05 bits per heavy atom. The van der Waals surface area contributed by atoms with Crippen LogP contribution in [0.5, 0.6) is 0 Å². The summed E-state index contributed by atoms with van der Waals surface area (Å²) < 4.78 is 1.74. The van der Waals surface area contributed by atoms with E-state index in [2.05, 4.69) is 5.10 Å². The highest BCUT2D eigenvalue weighted by atomic mass is 16.4. The van der Waals surface area contributed by atoms with E-state index in [1.807, 2.05) is 38.2 Å². The molecule has 1 aromatic carbocycles. The fraction of sp³-hybridized carbons (Fsp3) is 0.400. The average molecular weight is 289 g/mol. The first kappa shape index (κ1) is 15.0. The minimum atomic E-state index is -0.998. The first-order valence-corrected chi connectivity index (χ1v) is 6.93. The zero-order chi connectivity index (χ0) is 15.4. The molecule has 1 N–H and O–H groups in total. The van der Waals surface area contributed by atoms with Crippen LogP contribution in [0.4, 0.5) is 0 Å². The fourth-order valence-corrected chi connectivity index (χ4v) is 2.40. The molecule has 0 unspecified atom stereocenters. The number of carboxylic acids is 1. The fourth-order valence-electron chi connectivity index (χ4n) is 2.40. The normalized spacial score (nSPS) is 10.8. The van der Waals surface area contributed by atoms with E-state index in [9.17, 15) is 9.59 Å². The van der Waals surface area contributed by atoms with Crippen molar-refractivity contribution in [2.75, 3.05) is 13.1 Å². The van der Waals surface area contributed by atoms with Gasteiger partial charge in [0, 0.05) is 19.0 Å². The Bertz CT molecular complexity index is 663. The second-order valence-corrected chi connectivity index (χ2v) is 4.97. The molecule has 1 amide bonds. The van der Waals surface area contributed by atoms with Gasteiger partial charge in [0.05, 0.1) is 17.6 Å². The lowest BCUT2D eigenvalue weighted by Crippen LogP contribution is -2.37. The number of aryl methyl sites for hydroxylation is 1. The summed E-state index contributed by atoms with van der Waals surface area (Å²) >= 11 is 0. The summed E-state index contributed by atoms with van der Waals surface area (Å²) in [5.74, 6) is -1.20. The zero-order valence-electron chi connectivity index (χ0n) is 12.2. The summed E-state index contributed by atoms with van der Waals surface area (Å²) in [6, 6.07) is 7.69. The van der Waals surface area contributed by atoms with E-state index < -0.39 is 5.97 Å². The van der Waals surface area contributed by atoms with E-state index in [-0.39, 0.29) is 18.9 Å². The van der Waals surface area contributed by atoms with E-state index >= 15 is 0 Å². The van der Waals surface area contributed by atoms with Gasteiger partial charge in [-0.1, -0.05) is 25.1 Å². The molecule has 0 spiro atoms. The molecule has 0 radical (unpaired) electrons. The number of carbonyl (C=O) groups excluding carboxylic acids is 1. The third-order valence-corrected chi connectivity index (χ3v) is 3.33. The number of hydrogen-bond acceptors (Lipinski definition) is 3. The number of carbonyl (C=O) groups is 2. The van der Waals surface area contributed by atoms with E-state index in [1.54, 1.807) is 4.68 Å². The SMILES string of the molecule is CCCN(CC(=O)O)C(=O)Cc1nn(C)c2ccccc12. The molecular weight excluding hydrogens is 270 g/mol. The van der Waals surface area contributed by atoms with Crippen LogP contribution in [-0.4, -0.2) is 44.8 Å². The topological polar surface area (TPSA) is 75.4 Å². The Hall–Kier alpha value is -2.37. The monoisotopic (exact) mass is 289 g/mol. The number of rotatable bonds is 6. The average Bonchev–Trinajstić information content (AvgIpc) is 2.75. The predicted molar refractivity (Wildman–Crippen MR) is 78.9 cm³/mol. The highest BCUT2D eigenvalue weighted by Crippen LogP contribution is 2.18. The number of hydrogen-bond donors (Lipinski definition) is 1. The number of amides is 1. The molecule has 0 saturated carbocycles. The first-order chi connectivity index (χ1) is 10.0. The smallest absolute Gasteiger partial charge is 0.323 e. The molecule has 0 aliphatic rings. The molecule has 0 fully saturated rings. The van der Waals surface area contributed by atoms with Gasteiger partial charge in [-0.05, 0) is 12.5 Å². The Kier molecular flexibility index (Phi) is 4.57. The molecule has 1 aromatic heterocycles. The van der Waals surface area contributed by atoms with Crippen molar-refractivity contribution in [3.8, 4) is 0 Å². The minimum absolute atomic E-state index is 0.120. The van der Waals surface area contributed by atoms with Gasteiger partial charge >= 0.3 is 5.97 Å². The van der Waals surface area contributed by atoms with Crippen molar-refractivity contribution in [2.24, 2.45) is 7.05 Å². The Balaban J connectivity index is 2.22. The largest absolute Gasteiger partial charge is 0.480 e. The molecule has 112 valence electrons. The molecule has 0 bridgehead atoms. The zero-order valence-corrected chi connectivity index (χ0v) is 12.2. The maximum atomic E-state index is 12.3. The van der Waals surface area contributed by atoms with E-state index in [0.717, 1.165) is 17.3 Å². The van der Waals surface area contributed by atoms with Gasteiger partial charge in [0.25, 0.3) is 0 Å². The van der Waals surface area contributed by atoms with Crippen LogP contribution >= 0.6 is 0 Å². The molecule has 2 aromatic rings. The Labute approximate surface area is 123 Å². The van der Waals surface area contributed by atoms with Gasteiger partial charge in [0.2, 0.25) is 5.91 Å². The maximum absolute atomic E-state index is 12.3. The Morgan fingerprint density at radius 1 is 1.33 bits per heavy atom. The number of aromatic nitrogens is 2. The lowest BCUT2D eigenvalue weighted by molar-refractivity contribution is -0.144. The van der Waals surface area contributed by atoms with Crippen LogP contribution in [0.3, 0.4) is 0 Å². The molecule has 6 heteroatoms. The second kappa shape index (κ2) is 6.39. The third kappa shape index (κ3) is 3.39. The van der Waals surface area contributed by atoms with Crippen molar-refractivity contribution in [2.45, 2.75) is 19.8 Å². The summed E-state index contributed by atoms with van der Waals surface area (Å²) in [5, 5.41) is 14.2. The van der Waals surface area contributed by atoms with E-state index in [0.29, 0.717) is 12.2 Å². The van der Waals surface area contributed by atoms with Crippen LogP contribution < -0.4 is 0 Å². The number of nitrogens with zero attached hydrogens (tertiary/aromatic N) is 3. The predicted octanol–water partition coefficient (Wildman–Crippen LogP) is 1.44. The van der Waals surface area contributed by atoms with Crippen molar-refractivity contribution >= 4 is 22.8 Å². The van der Waals surface area contributed by atoms with Gasteiger partial charge in [0.15, 0.2) is 0 Å². The summed E-state index contributed by atoms with van der Waals surface area (Å²) in [6.07, 6.45) is 0.844. The summed E-state index contributed by atoms with van der Waals surface area (Å²) in [4.78, 5) is 24.5. The van der Waals surface area contributed by atoms with Crippen molar-refractivity contribution in [1.29, 1.82) is 0 Å². The molecule has 0 aliphatic carbocycles. The van der Waals surface area contributed by atoms with Crippen molar-refractivity contribution in [3.63, 3.8) is 0 Å². The van der Waals surface area contributed by atoms with Gasteiger partial charge in [0.1, 0.15) is 6.54 Å². The molecular formula is C15H19N3O3. The standard InChI is InChI=1S/C15H19N3O3/c1-3-8-18(10-15(20)21)14(19)9-12-11-6-4-5-7-13(11)17(2)16-12/h4-7H,3,8-10H2,1-2H3,(H,20,21). The summed E-state index contributed by atoms with van der Waals surface area (Å²) in [5.41, 5.74) is 1.64. The van der Waals surface area contributed by atoms with Gasteiger partial charge in [-0.25, -0.2) is 0 Å². The molecule has 0 atom stereocenters. The number of carboxylic acid groups (broad SMARTS) is 1.